The van der Waals surface area contributed by atoms with Crippen LogP contribution in [-0.2, 0) is 13.1 Å². The first kappa shape index (κ1) is 14.1. The van der Waals surface area contributed by atoms with Gasteiger partial charge in [0, 0.05) is 25.2 Å². The van der Waals surface area contributed by atoms with Gasteiger partial charge in [0.25, 0.3) is 5.69 Å². The second-order valence-electron chi connectivity index (χ2n) is 4.60. The molecule has 104 valence electrons. The van der Waals surface area contributed by atoms with Gasteiger partial charge in [-0.15, -0.1) is 0 Å². The van der Waals surface area contributed by atoms with E-state index in [0.717, 1.165) is 16.7 Å². The summed E-state index contributed by atoms with van der Waals surface area (Å²) in [5.41, 5.74) is 2.99. The van der Waals surface area contributed by atoms with Crippen molar-refractivity contribution in [1.82, 2.24) is 5.32 Å². The molecule has 1 N–H and O–H groups in total. The number of nitrogens with zero attached hydrogens (tertiary/aromatic N) is 1. The fourth-order valence-electron chi connectivity index (χ4n) is 1.93. The molecular weight excluding hydrogens is 259 g/mol. The average molecular weight is 274 g/mol. The van der Waals surface area contributed by atoms with E-state index in [9.17, 15) is 14.5 Å². The van der Waals surface area contributed by atoms with Crippen LogP contribution >= 0.6 is 0 Å². The zero-order chi connectivity index (χ0) is 14.5. The average Bonchev–Trinajstić information content (AvgIpc) is 2.42. The smallest absolute Gasteiger partial charge is 0.269 e. The van der Waals surface area contributed by atoms with Gasteiger partial charge in [-0.3, -0.25) is 10.1 Å². The number of hydrogen-bond donors (Lipinski definition) is 1. The van der Waals surface area contributed by atoms with E-state index in [1.807, 2.05) is 6.92 Å². The van der Waals surface area contributed by atoms with Crippen LogP contribution in [0.3, 0.4) is 0 Å². The van der Waals surface area contributed by atoms with Gasteiger partial charge in [0.1, 0.15) is 5.82 Å². The highest BCUT2D eigenvalue weighted by atomic mass is 19.1. The molecule has 2 aromatic rings. The fourth-order valence-corrected chi connectivity index (χ4v) is 1.93. The summed E-state index contributed by atoms with van der Waals surface area (Å²) in [5.74, 6) is -0.235. The number of halogens is 1. The second-order valence-corrected chi connectivity index (χ2v) is 4.60. The predicted molar refractivity (Wildman–Crippen MR) is 74.8 cm³/mol. The van der Waals surface area contributed by atoms with Gasteiger partial charge in [-0.1, -0.05) is 18.2 Å². The summed E-state index contributed by atoms with van der Waals surface area (Å²) in [7, 11) is 0. The SMILES string of the molecule is Cc1cc(F)ccc1CNCc1ccc([N+](=O)[O-])cc1. The topological polar surface area (TPSA) is 55.2 Å². The molecule has 0 amide bonds. The van der Waals surface area contributed by atoms with Crippen LogP contribution in [0.15, 0.2) is 42.5 Å². The molecule has 2 aromatic carbocycles. The summed E-state index contributed by atoms with van der Waals surface area (Å²) in [6.45, 7) is 3.10. The molecule has 0 spiro atoms. The van der Waals surface area contributed by atoms with Crippen LogP contribution in [0.5, 0.6) is 0 Å². The molecule has 0 saturated carbocycles. The third kappa shape index (κ3) is 3.61. The molecule has 0 atom stereocenters. The van der Waals surface area contributed by atoms with Gasteiger partial charge in [-0.25, -0.2) is 4.39 Å². The third-order valence-corrected chi connectivity index (χ3v) is 3.10. The Hall–Kier alpha value is -2.27. The van der Waals surface area contributed by atoms with E-state index in [2.05, 4.69) is 5.32 Å². The first-order valence-electron chi connectivity index (χ1n) is 6.25. The normalized spacial score (nSPS) is 10.5. The van der Waals surface area contributed by atoms with Gasteiger partial charge in [0.2, 0.25) is 0 Å². The van der Waals surface area contributed by atoms with Crippen LogP contribution < -0.4 is 5.32 Å². The molecule has 2 rings (SSSR count). The van der Waals surface area contributed by atoms with Crippen molar-refractivity contribution in [3.05, 3.63) is 75.1 Å². The minimum absolute atomic E-state index is 0.0862. The lowest BCUT2D eigenvalue weighted by Crippen LogP contribution is -2.13. The second kappa shape index (κ2) is 6.25. The van der Waals surface area contributed by atoms with Crippen molar-refractivity contribution in [3.63, 3.8) is 0 Å². The van der Waals surface area contributed by atoms with Crippen LogP contribution in [0.2, 0.25) is 0 Å². The van der Waals surface area contributed by atoms with Gasteiger partial charge in [0.05, 0.1) is 4.92 Å². The number of nitro groups is 1. The van der Waals surface area contributed by atoms with Gasteiger partial charge in [-0.05, 0) is 35.7 Å². The van der Waals surface area contributed by atoms with E-state index in [4.69, 9.17) is 0 Å². The van der Waals surface area contributed by atoms with E-state index in [1.165, 1.54) is 24.3 Å². The van der Waals surface area contributed by atoms with Gasteiger partial charge in [0.15, 0.2) is 0 Å². The first-order valence-corrected chi connectivity index (χ1v) is 6.25. The van der Waals surface area contributed by atoms with Crippen molar-refractivity contribution in [2.45, 2.75) is 20.0 Å². The van der Waals surface area contributed by atoms with Gasteiger partial charge in [-0.2, -0.15) is 0 Å². The van der Waals surface area contributed by atoms with E-state index in [0.29, 0.717) is 13.1 Å². The number of benzene rings is 2. The van der Waals surface area contributed by atoms with Crippen LogP contribution in [0.25, 0.3) is 0 Å². The number of non-ortho nitro benzene ring substituents is 1. The minimum Gasteiger partial charge on any atom is -0.309 e. The molecule has 0 aliphatic carbocycles. The quantitative estimate of drug-likeness (QED) is 0.672. The van der Waals surface area contributed by atoms with E-state index in [-0.39, 0.29) is 11.5 Å². The van der Waals surface area contributed by atoms with Crippen molar-refractivity contribution >= 4 is 5.69 Å². The number of hydrogen-bond acceptors (Lipinski definition) is 3. The Kier molecular flexibility index (Phi) is 4.42. The molecule has 0 fully saturated rings. The Morgan fingerprint density at radius 1 is 1.15 bits per heavy atom. The zero-order valence-corrected chi connectivity index (χ0v) is 11.1. The van der Waals surface area contributed by atoms with Crippen molar-refractivity contribution < 1.29 is 9.31 Å². The molecule has 5 heteroatoms. The zero-order valence-electron chi connectivity index (χ0n) is 11.1. The first-order chi connectivity index (χ1) is 9.56. The number of nitrogens with one attached hydrogen (secondary N) is 1. The molecule has 0 bridgehead atoms. The van der Waals surface area contributed by atoms with Crippen molar-refractivity contribution in [1.29, 1.82) is 0 Å². The summed E-state index contributed by atoms with van der Waals surface area (Å²) in [6.07, 6.45) is 0. The monoisotopic (exact) mass is 274 g/mol. The maximum Gasteiger partial charge on any atom is 0.269 e. The molecule has 0 heterocycles. The maximum atomic E-state index is 13.0. The standard InChI is InChI=1S/C15H15FN2O2/c1-11-8-14(16)5-4-13(11)10-17-9-12-2-6-15(7-3-12)18(19)20/h2-8,17H,9-10H2,1H3. The lowest BCUT2D eigenvalue weighted by Gasteiger charge is -2.08. The summed E-state index contributed by atoms with van der Waals surface area (Å²) in [4.78, 5) is 10.1. The van der Waals surface area contributed by atoms with Crippen LogP contribution in [-0.4, -0.2) is 4.92 Å². The summed E-state index contributed by atoms with van der Waals surface area (Å²) < 4.78 is 13.0. The highest BCUT2D eigenvalue weighted by Crippen LogP contribution is 2.13. The molecule has 0 aliphatic rings. The van der Waals surface area contributed by atoms with Crippen LogP contribution in [0.4, 0.5) is 10.1 Å². The lowest BCUT2D eigenvalue weighted by molar-refractivity contribution is -0.384. The Morgan fingerprint density at radius 2 is 1.85 bits per heavy atom. The summed E-state index contributed by atoms with van der Waals surface area (Å²) in [5, 5.41) is 13.8. The number of nitro benzene ring substituents is 1. The molecule has 20 heavy (non-hydrogen) atoms. The van der Waals surface area contributed by atoms with Gasteiger partial charge < -0.3 is 5.32 Å². The van der Waals surface area contributed by atoms with E-state index in [1.54, 1.807) is 18.2 Å². The largest absolute Gasteiger partial charge is 0.309 e. The third-order valence-electron chi connectivity index (χ3n) is 3.10. The Bertz CT molecular complexity index is 612. The molecule has 0 aromatic heterocycles. The minimum atomic E-state index is -0.418. The fraction of sp³-hybridized carbons (Fsp3) is 0.200. The molecular formula is C15H15FN2O2. The van der Waals surface area contributed by atoms with E-state index >= 15 is 0 Å². The highest BCUT2D eigenvalue weighted by molar-refractivity contribution is 5.33. The summed E-state index contributed by atoms with van der Waals surface area (Å²) in [6, 6.07) is 11.1. The van der Waals surface area contributed by atoms with Crippen molar-refractivity contribution in [2.75, 3.05) is 0 Å². The van der Waals surface area contributed by atoms with Gasteiger partial charge >= 0.3 is 0 Å². The highest BCUT2D eigenvalue weighted by Gasteiger charge is 2.04. The van der Waals surface area contributed by atoms with Crippen molar-refractivity contribution in [3.8, 4) is 0 Å². The molecule has 0 aliphatic heterocycles. The molecule has 0 saturated heterocycles. The Balaban J connectivity index is 1.91. The summed E-state index contributed by atoms with van der Waals surface area (Å²) >= 11 is 0. The number of aryl methyl sites for hydroxylation is 1. The molecule has 4 nitrogen and oxygen atoms in total. The molecule has 0 unspecified atom stereocenters. The van der Waals surface area contributed by atoms with Crippen LogP contribution in [0, 0.1) is 22.9 Å². The van der Waals surface area contributed by atoms with Crippen LogP contribution in [0.1, 0.15) is 16.7 Å². The number of rotatable bonds is 5. The Morgan fingerprint density at radius 3 is 2.45 bits per heavy atom. The maximum absolute atomic E-state index is 13.0. The van der Waals surface area contributed by atoms with E-state index < -0.39 is 4.92 Å². The molecule has 0 radical (unpaired) electrons. The van der Waals surface area contributed by atoms with Crippen molar-refractivity contribution in [2.24, 2.45) is 0 Å². The predicted octanol–water partition coefficient (Wildman–Crippen LogP) is 3.33. The lowest BCUT2D eigenvalue weighted by atomic mass is 10.1. The Labute approximate surface area is 116 Å².